The molecule has 0 heterocycles. The maximum atomic E-state index is 12.4. The van der Waals surface area contributed by atoms with E-state index < -0.39 is 23.2 Å². The molecule has 3 aliphatic carbocycles. The number of amides is 1. The Bertz CT molecular complexity index is 267. The molecule has 3 aliphatic rings. The topological polar surface area (TPSA) is 38.3 Å². The van der Waals surface area contributed by atoms with Gasteiger partial charge in [-0.15, -0.1) is 0 Å². The fourth-order valence-corrected chi connectivity index (χ4v) is 2.49. The summed E-state index contributed by atoms with van der Waals surface area (Å²) in [4.78, 5) is 10.8. The largest absolute Gasteiger partial charge is 0.453 e. The first-order valence-corrected chi connectivity index (χ1v) is 4.25. The van der Waals surface area contributed by atoms with Gasteiger partial charge in [-0.3, -0.25) is 0 Å². The van der Waals surface area contributed by atoms with Gasteiger partial charge in [-0.25, -0.2) is 4.79 Å². The van der Waals surface area contributed by atoms with Crippen LogP contribution in [0.3, 0.4) is 0 Å². The maximum Gasteiger partial charge on any atom is 0.407 e. The van der Waals surface area contributed by atoms with Crippen molar-refractivity contribution in [3.63, 3.8) is 0 Å². The first kappa shape index (κ1) is 9.61. The number of nitrogens with one attached hydrogen (secondary N) is 1. The van der Waals surface area contributed by atoms with Crippen LogP contribution in [0.2, 0.25) is 0 Å². The number of hydrogen-bond acceptors (Lipinski definition) is 2. The van der Waals surface area contributed by atoms with Gasteiger partial charge in [0.2, 0.25) is 0 Å². The van der Waals surface area contributed by atoms with E-state index in [1.54, 1.807) is 0 Å². The molecule has 0 aromatic rings. The second-order valence-electron chi connectivity index (χ2n) is 4.21. The van der Waals surface area contributed by atoms with E-state index in [1.165, 1.54) is 7.11 Å². The average Bonchev–Trinajstić information content (AvgIpc) is 1.90. The van der Waals surface area contributed by atoms with Gasteiger partial charge in [0.1, 0.15) is 0 Å². The lowest BCUT2D eigenvalue weighted by molar-refractivity contribution is -0.337. The molecule has 0 unspecified atom stereocenters. The van der Waals surface area contributed by atoms with Gasteiger partial charge >= 0.3 is 12.3 Å². The first-order chi connectivity index (χ1) is 6.33. The van der Waals surface area contributed by atoms with E-state index in [4.69, 9.17) is 0 Å². The Morgan fingerprint density at radius 1 is 1.36 bits per heavy atom. The van der Waals surface area contributed by atoms with Crippen LogP contribution in [0.4, 0.5) is 18.0 Å². The molecule has 3 saturated carbocycles. The molecule has 14 heavy (non-hydrogen) atoms. The van der Waals surface area contributed by atoms with Crippen molar-refractivity contribution in [1.29, 1.82) is 0 Å². The van der Waals surface area contributed by atoms with Crippen LogP contribution in [0.5, 0.6) is 0 Å². The normalized spacial score (nSPS) is 39.4. The smallest absolute Gasteiger partial charge is 0.407 e. The fraction of sp³-hybridized carbons (Fsp3) is 0.875. The molecule has 0 saturated heterocycles. The number of alkyl carbamates (subject to hydrolysis) is 1. The molecule has 6 heteroatoms. The van der Waals surface area contributed by atoms with Crippen LogP contribution >= 0.6 is 0 Å². The Balaban J connectivity index is 1.92. The zero-order chi connectivity index (χ0) is 10.6. The van der Waals surface area contributed by atoms with E-state index in [9.17, 15) is 18.0 Å². The molecule has 3 fully saturated rings. The summed E-state index contributed by atoms with van der Waals surface area (Å²) in [5.41, 5.74) is -2.16. The van der Waals surface area contributed by atoms with Crippen LogP contribution in [0.15, 0.2) is 0 Å². The molecular weight excluding hydrogens is 199 g/mol. The summed E-state index contributed by atoms with van der Waals surface area (Å²) >= 11 is 0. The molecule has 3 nitrogen and oxygen atoms in total. The molecule has 2 bridgehead atoms. The lowest BCUT2D eigenvalue weighted by Gasteiger charge is -2.69. The summed E-state index contributed by atoms with van der Waals surface area (Å²) in [6.07, 6.45) is -4.79. The minimum atomic E-state index is -4.13. The highest BCUT2D eigenvalue weighted by Gasteiger charge is 2.79. The van der Waals surface area contributed by atoms with E-state index in [0.717, 1.165) is 0 Å². The van der Waals surface area contributed by atoms with Crippen molar-refractivity contribution in [3.05, 3.63) is 0 Å². The minimum Gasteiger partial charge on any atom is -0.453 e. The predicted octanol–water partition coefficient (Wildman–Crippen LogP) is 1.83. The average molecular weight is 209 g/mol. The third-order valence-electron chi connectivity index (χ3n) is 3.18. The Hall–Kier alpha value is -0.940. The first-order valence-electron chi connectivity index (χ1n) is 4.25. The van der Waals surface area contributed by atoms with Crippen LogP contribution < -0.4 is 5.32 Å². The lowest BCUT2D eigenvalue weighted by atomic mass is 9.39. The fourth-order valence-electron chi connectivity index (χ4n) is 2.49. The molecule has 1 amide bonds. The van der Waals surface area contributed by atoms with Crippen molar-refractivity contribution < 1.29 is 22.7 Å². The van der Waals surface area contributed by atoms with Crippen molar-refractivity contribution in [2.24, 2.45) is 5.41 Å². The summed E-state index contributed by atoms with van der Waals surface area (Å²) in [6.45, 7) is 0. The summed E-state index contributed by atoms with van der Waals surface area (Å²) in [6, 6.07) is 0. The molecule has 80 valence electrons. The number of rotatable bonds is 1. The summed E-state index contributed by atoms with van der Waals surface area (Å²) in [5, 5.41) is 2.44. The third kappa shape index (κ3) is 1.02. The van der Waals surface area contributed by atoms with Crippen molar-refractivity contribution >= 4 is 6.09 Å². The van der Waals surface area contributed by atoms with E-state index in [-0.39, 0.29) is 19.3 Å². The van der Waals surface area contributed by atoms with Crippen molar-refractivity contribution in [2.75, 3.05) is 7.11 Å². The number of halogens is 3. The van der Waals surface area contributed by atoms with Gasteiger partial charge in [-0.1, -0.05) is 0 Å². The molecule has 1 N–H and O–H groups in total. The van der Waals surface area contributed by atoms with Gasteiger partial charge < -0.3 is 10.1 Å². The summed E-state index contributed by atoms with van der Waals surface area (Å²) < 4.78 is 41.4. The zero-order valence-corrected chi connectivity index (χ0v) is 7.57. The van der Waals surface area contributed by atoms with Gasteiger partial charge in [-0.2, -0.15) is 13.2 Å². The number of alkyl halides is 3. The molecule has 0 atom stereocenters. The highest BCUT2D eigenvalue weighted by Crippen LogP contribution is 2.73. The second-order valence-corrected chi connectivity index (χ2v) is 4.21. The van der Waals surface area contributed by atoms with Crippen LogP contribution in [0.1, 0.15) is 19.3 Å². The van der Waals surface area contributed by atoms with Crippen LogP contribution in [-0.2, 0) is 4.74 Å². The molecule has 0 aromatic carbocycles. The number of ether oxygens (including phenoxy) is 1. The lowest BCUT2D eigenvalue weighted by Crippen LogP contribution is -2.78. The van der Waals surface area contributed by atoms with Gasteiger partial charge in [0, 0.05) is 5.54 Å². The molecule has 0 aromatic heterocycles. The third-order valence-corrected chi connectivity index (χ3v) is 3.18. The van der Waals surface area contributed by atoms with Gasteiger partial charge in [0.25, 0.3) is 0 Å². The Kier molecular flexibility index (Phi) is 1.61. The van der Waals surface area contributed by atoms with Crippen LogP contribution in [0, 0.1) is 5.41 Å². The molecule has 0 radical (unpaired) electrons. The van der Waals surface area contributed by atoms with Crippen molar-refractivity contribution in [1.82, 2.24) is 5.32 Å². The van der Waals surface area contributed by atoms with E-state index in [0.29, 0.717) is 0 Å². The molecule has 0 aliphatic heterocycles. The number of hydrogen-bond donors (Lipinski definition) is 1. The van der Waals surface area contributed by atoms with E-state index in [2.05, 4.69) is 10.1 Å². The monoisotopic (exact) mass is 209 g/mol. The van der Waals surface area contributed by atoms with Crippen LogP contribution in [0.25, 0.3) is 0 Å². The Morgan fingerprint density at radius 2 is 1.86 bits per heavy atom. The van der Waals surface area contributed by atoms with Crippen molar-refractivity contribution in [2.45, 2.75) is 31.0 Å². The standard InChI is InChI=1S/C8H10F3NO2/c1-14-5(13)12-7-2-6(3-7,4-7)8(9,10)11/h2-4H2,1H3,(H,12,13). The highest BCUT2D eigenvalue weighted by atomic mass is 19.4. The quantitative estimate of drug-likeness (QED) is 0.715. The number of carbonyl (C=O) groups is 1. The Morgan fingerprint density at radius 3 is 2.21 bits per heavy atom. The van der Waals surface area contributed by atoms with Crippen molar-refractivity contribution in [3.8, 4) is 0 Å². The summed E-state index contributed by atoms with van der Waals surface area (Å²) in [7, 11) is 1.19. The number of carbonyl (C=O) groups excluding carboxylic acids is 1. The molecular formula is C8H10F3NO2. The SMILES string of the molecule is COC(=O)NC12CC(C(F)(F)F)(C1)C2. The Labute approximate surface area is 78.6 Å². The maximum absolute atomic E-state index is 12.4. The van der Waals surface area contributed by atoms with Gasteiger partial charge in [0.15, 0.2) is 0 Å². The van der Waals surface area contributed by atoms with Gasteiger partial charge in [0.05, 0.1) is 12.5 Å². The predicted molar refractivity (Wildman–Crippen MR) is 40.6 cm³/mol. The minimum absolute atomic E-state index is 0.00139. The van der Waals surface area contributed by atoms with E-state index >= 15 is 0 Å². The van der Waals surface area contributed by atoms with Gasteiger partial charge in [-0.05, 0) is 19.3 Å². The molecule has 0 spiro atoms. The van der Waals surface area contributed by atoms with E-state index in [1.807, 2.05) is 0 Å². The highest BCUT2D eigenvalue weighted by molar-refractivity contribution is 5.69. The number of methoxy groups -OCH3 is 1. The zero-order valence-electron chi connectivity index (χ0n) is 7.57. The summed E-state index contributed by atoms with van der Waals surface area (Å²) in [5.74, 6) is 0. The second kappa shape index (κ2) is 2.35. The van der Waals surface area contributed by atoms with Crippen LogP contribution in [-0.4, -0.2) is 24.9 Å². The molecule has 3 rings (SSSR count).